The number of hydrogen-bond acceptors (Lipinski definition) is 6. The SMILES string of the molecule is c1coc([C@@H](CNc2ncnc3sc4c(c23)CCC4)N2CCCC2)c1. The van der Waals surface area contributed by atoms with Crippen molar-refractivity contribution in [1.82, 2.24) is 14.9 Å². The second kappa shape index (κ2) is 6.42. The van der Waals surface area contributed by atoms with Crippen LogP contribution in [0.2, 0.25) is 0 Å². The first-order valence-corrected chi connectivity index (χ1v) is 9.98. The van der Waals surface area contributed by atoms with Gasteiger partial charge < -0.3 is 9.73 Å². The molecular weight excluding hydrogens is 332 g/mol. The van der Waals surface area contributed by atoms with Crippen LogP contribution in [0.25, 0.3) is 10.2 Å². The molecule has 1 aliphatic heterocycles. The number of aryl methyl sites for hydroxylation is 2. The predicted molar refractivity (Wildman–Crippen MR) is 100 cm³/mol. The molecule has 1 N–H and O–H groups in total. The molecule has 1 atom stereocenters. The molecule has 0 amide bonds. The minimum Gasteiger partial charge on any atom is -0.468 e. The smallest absolute Gasteiger partial charge is 0.138 e. The number of hydrogen-bond donors (Lipinski definition) is 1. The van der Waals surface area contributed by atoms with Gasteiger partial charge in [-0.2, -0.15) is 0 Å². The Morgan fingerprint density at radius 2 is 2.12 bits per heavy atom. The summed E-state index contributed by atoms with van der Waals surface area (Å²) in [5.41, 5.74) is 1.47. The van der Waals surface area contributed by atoms with Gasteiger partial charge in [0.15, 0.2) is 0 Å². The lowest BCUT2D eigenvalue weighted by atomic mass is 10.1. The van der Waals surface area contributed by atoms with Gasteiger partial charge in [-0.3, -0.25) is 4.90 Å². The lowest BCUT2D eigenvalue weighted by Gasteiger charge is -2.26. The first-order chi connectivity index (χ1) is 12.4. The number of likely N-dealkylation sites (tertiary alicyclic amines) is 1. The number of furan rings is 1. The van der Waals surface area contributed by atoms with E-state index < -0.39 is 0 Å². The molecule has 5 rings (SSSR count). The van der Waals surface area contributed by atoms with Gasteiger partial charge in [0, 0.05) is 11.4 Å². The van der Waals surface area contributed by atoms with Crippen LogP contribution >= 0.6 is 11.3 Å². The minimum atomic E-state index is 0.259. The highest BCUT2D eigenvalue weighted by Gasteiger charge is 2.26. The average molecular weight is 354 g/mol. The van der Waals surface area contributed by atoms with Crippen molar-refractivity contribution in [3.8, 4) is 0 Å². The molecule has 3 aromatic heterocycles. The first-order valence-electron chi connectivity index (χ1n) is 9.17. The third-order valence-electron chi connectivity index (χ3n) is 5.42. The maximum Gasteiger partial charge on any atom is 0.138 e. The Bertz CT molecular complexity index is 867. The molecule has 5 nitrogen and oxygen atoms in total. The van der Waals surface area contributed by atoms with Crippen molar-refractivity contribution in [2.75, 3.05) is 25.0 Å². The van der Waals surface area contributed by atoms with Gasteiger partial charge in [-0.25, -0.2) is 9.97 Å². The maximum absolute atomic E-state index is 5.73. The minimum absolute atomic E-state index is 0.259. The Hall–Kier alpha value is -1.92. The van der Waals surface area contributed by atoms with E-state index in [0.29, 0.717) is 0 Å². The third-order valence-corrected chi connectivity index (χ3v) is 6.62. The maximum atomic E-state index is 5.73. The van der Waals surface area contributed by atoms with E-state index in [2.05, 4.69) is 26.3 Å². The van der Waals surface area contributed by atoms with E-state index in [4.69, 9.17) is 4.42 Å². The second-order valence-electron chi connectivity index (χ2n) is 6.91. The van der Waals surface area contributed by atoms with Gasteiger partial charge in [0.05, 0.1) is 17.7 Å². The van der Waals surface area contributed by atoms with Crippen LogP contribution in [0.5, 0.6) is 0 Å². The third kappa shape index (κ3) is 2.73. The van der Waals surface area contributed by atoms with Gasteiger partial charge in [0.2, 0.25) is 0 Å². The van der Waals surface area contributed by atoms with Gasteiger partial charge >= 0.3 is 0 Å². The Labute approximate surface area is 151 Å². The molecule has 130 valence electrons. The van der Waals surface area contributed by atoms with Gasteiger partial charge in [0.1, 0.15) is 22.7 Å². The summed E-state index contributed by atoms with van der Waals surface area (Å²) >= 11 is 1.84. The Morgan fingerprint density at radius 3 is 2.96 bits per heavy atom. The molecule has 4 heterocycles. The number of aromatic nitrogens is 2. The Kier molecular flexibility index (Phi) is 3.94. The van der Waals surface area contributed by atoms with E-state index in [-0.39, 0.29) is 6.04 Å². The normalized spacial score (nSPS) is 18.7. The van der Waals surface area contributed by atoms with Crippen LogP contribution in [0, 0.1) is 0 Å². The number of rotatable bonds is 5. The number of fused-ring (bicyclic) bond motifs is 3. The monoisotopic (exact) mass is 354 g/mol. The Morgan fingerprint density at radius 1 is 1.20 bits per heavy atom. The van der Waals surface area contributed by atoms with E-state index in [1.165, 1.54) is 41.5 Å². The van der Waals surface area contributed by atoms with Crippen molar-refractivity contribution in [3.05, 3.63) is 40.9 Å². The molecule has 3 aromatic rings. The number of thiophene rings is 1. The standard InChI is InChI=1S/C19H22N4OS/c1-2-9-23(8-1)14(15-6-4-10-24-15)11-20-18-17-13-5-3-7-16(13)25-19(17)22-12-21-18/h4,6,10,12,14H,1-3,5,7-9,11H2,(H,20,21,22)/t14-/m1/s1. The van der Waals surface area contributed by atoms with Crippen molar-refractivity contribution < 1.29 is 4.42 Å². The molecule has 0 radical (unpaired) electrons. The van der Waals surface area contributed by atoms with Crippen LogP contribution in [0.4, 0.5) is 5.82 Å². The Balaban J connectivity index is 1.44. The van der Waals surface area contributed by atoms with Crippen LogP contribution in [0.1, 0.15) is 41.5 Å². The summed E-state index contributed by atoms with van der Waals surface area (Å²) in [7, 11) is 0. The molecule has 6 heteroatoms. The topological polar surface area (TPSA) is 54.2 Å². The van der Waals surface area contributed by atoms with Gasteiger partial charge in [-0.1, -0.05) is 0 Å². The second-order valence-corrected chi connectivity index (χ2v) is 8.00. The summed E-state index contributed by atoms with van der Waals surface area (Å²) < 4.78 is 5.73. The molecule has 1 aliphatic carbocycles. The van der Waals surface area contributed by atoms with E-state index >= 15 is 0 Å². The quantitative estimate of drug-likeness (QED) is 0.750. The van der Waals surface area contributed by atoms with Crippen molar-refractivity contribution in [2.45, 2.75) is 38.1 Å². The molecule has 2 aliphatic rings. The molecular formula is C19H22N4OS. The largest absolute Gasteiger partial charge is 0.468 e. The zero-order valence-corrected chi connectivity index (χ0v) is 15.0. The van der Waals surface area contributed by atoms with E-state index in [1.54, 1.807) is 12.6 Å². The summed E-state index contributed by atoms with van der Waals surface area (Å²) in [4.78, 5) is 14.2. The lowest BCUT2D eigenvalue weighted by Crippen LogP contribution is -2.31. The molecule has 0 unspecified atom stereocenters. The van der Waals surface area contributed by atoms with Crippen LogP contribution < -0.4 is 5.32 Å². The van der Waals surface area contributed by atoms with Gasteiger partial charge in [0.25, 0.3) is 0 Å². The lowest BCUT2D eigenvalue weighted by molar-refractivity contribution is 0.225. The van der Waals surface area contributed by atoms with E-state index in [9.17, 15) is 0 Å². The van der Waals surface area contributed by atoms with Crippen molar-refractivity contribution in [3.63, 3.8) is 0 Å². The van der Waals surface area contributed by atoms with Crippen molar-refractivity contribution in [2.24, 2.45) is 0 Å². The molecule has 0 saturated carbocycles. The fourth-order valence-electron chi connectivity index (χ4n) is 4.20. The zero-order chi connectivity index (χ0) is 16.6. The molecule has 1 saturated heterocycles. The number of anilines is 1. The summed E-state index contributed by atoms with van der Waals surface area (Å²) in [6.07, 6.45) is 9.61. The highest BCUT2D eigenvalue weighted by molar-refractivity contribution is 7.19. The fraction of sp³-hybridized carbons (Fsp3) is 0.474. The summed E-state index contributed by atoms with van der Waals surface area (Å²) in [6.45, 7) is 3.09. The van der Waals surface area contributed by atoms with Crippen LogP contribution in [0.15, 0.2) is 29.1 Å². The summed E-state index contributed by atoms with van der Waals surface area (Å²) in [5, 5.41) is 4.87. The average Bonchev–Trinajstić information content (AvgIpc) is 3.39. The highest BCUT2D eigenvalue weighted by atomic mass is 32.1. The van der Waals surface area contributed by atoms with Crippen molar-refractivity contribution in [1.29, 1.82) is 0 Å². The number of nitrogens with zero attached hydrogens (tertiary/aromatic N) is 3. The molecule has 0 spiro atoms. The van der Waals surface area contributed by atoms with Crippen molar-refractivity contribution >= 4 is 27.4 Å². The zero-order valence-electron chi connectivity index (χ0n) is 14.2. The van der Waals surface area contributed by atoms with Crippen LogP contribution in [-0.4, -0.2) is 34.5 Å². The molecule has 25 heavy (non-hydrogen) atoms. The predicted octanol–water partition coefficient (Wildman–Crippen LogP) is 4.02. The van der Waals surface area contributed by atoms with Gasteiger partial charge in [-0.05, 0) is 62.9 Å². The highest BCUT2D eigenvalue weighted by Crippen LogP contribution is 2.39. The van der Waals surface area contributed by atoms with Crippen LogP contribution in [0.3, 0.4) is 0 Å². The van der Waals surface area contributed by atoms with Gasteiger partial charge in [-0.15, -0.1) is 11.3 Å². The molecule has 0 bridgehead atoms. The molecule has 0 aromatic carbocycles. The summed E-state index contributed by atoms with van der Waals surface area (Å²) in [6, 6.07) is 4.32. The fourth-order valence-corrected chi connectivity index (χ4v) is 5.43. The first kappa shape index (κ1) is 15.3. The van der Waals surface area contributed by atoms with E-state index in [1.807, 2.05) is 17.4 Å². The molecule has 1 fully saturated rings. The summed E-state index contributed by atoms with van der Waals surface area (Å²) in [5.74, 6) is 2.02. The number of nitrogens with one attached hydrogen (secondary N) is 1. The van der Waals surface area contributed by atoms with E-state index in [0.717, 1.165) is 42.5 Å². The van der Waals surface area contributed by atoms with Crippen LogP contribution in [-0.2, 0) is 12.8 Å².